The van der Waals surface area contributed by atoms with E-state index in [2.05, 4.69) is 26.8 Å². The molecule has 0 fully saturated rings. The van der Waals surface area contributed by atoms with E-state index in [9.17, 15) is 12.8 Å². The summed E-state index contributed by atoms with van der Waals surface area (Å²) in [6, 6.07) is 2.89. The summed E-state index contributed by atoms with van der Waals surface area (Å²) >= 11 is 5.83. The number of hydrogen-bond acceptors (Lipinski definition) is 7. The number of nitrogens with zero attached hydrogens (tertiary/aromatic N) is 4. The van der Waals surface area contributed by atoms with Crippen LogP contribution in [0.15, 0.2) is 47.9 Å². The Morgan fingerprint density at radius 1 is 1.18 bits per heavy atom. The van der Waals surface area contributed by atoms with Gasteiger partial charge in [-0.1, -0.05) is 23.4 Å². The van der Waals surface area contributed by atoms with E-state index in [1.54, 1.807) is 6.20 Å². The number of benzene rings is 1. The lowest BCUT2D eigenvalue weighted by molar-refractivity contribution is 0.385. The summed E-state index contributed by atoms with van der Waals surface area (Å²) in [5.74, 6) is 2.65. The van der Waals surface area contributed by atoms with Crippen LogP contribution in [0.1, 0.15) is 11.1 Å². The van der Waals surface area contributed by atoms with Crippen LogP contribution >= 0.6 is 11.6 Å². The Morgan fingerprint density at radius 2 is 1.97 bits per heavy atom. The first-order chi connectivity index (χ1) is 15.7. The molecule has 0 bridgehead atoms. The van der Waals surface area contributed by atoms with Gasteiger partial charge in [-0.2, -0.15) is 0 Å². The van der Waals surface area contributed by atoms with Crippen LogP contribution in [-0.4, -0.2) is 34.9 Å². The van der Waals surface area contributed by atoms with Crippen molar-refractivity contribution in [1.29, 1.82) is 0 Å². The van der Waals surface area contributed by atoms with Gasteiger partial charge in [0, 0.05) is 18.6 Å². The highest BCUT2D eigenvalue weighted by molar-refractivity contribution is 7.92. The summed E-state index contributed by atoms with van der Waals surface area (Å²) in [7, 11) is -3.18. The number of fused-ring (bicyclic) bond motifs is 1. The first-order valence-electron chi connectivity index (χ1n) is 9.01. The standard InChI is InChI=1S/C20H13ClF2N6O3S/c1-32-19-16(8-12(21)10-26-19)33(30,31)28-15-5-4-14(22)13(17(15)23)3-2-11-9-27-20(24)29-7-6-25-18(11)29/h4-10,28H,1H3,(H2,24,27). The second-order valence-electron chi connectivity index (χ2n) is 6.45. The Morgan fingerprint density at radius 3 is 2.73 bits per heavy atom. The molecular formula is C20H13ClF2N6O3S. The Kier molecular flexibility index (Phi) is 5.75. The Balaban J connectivity index is 1.75. The highest BCUT2D eigenvalue weighted by Gasteiger charge is 2.24. The molecule has 0 saturated heterocycles. The number of nitrogen functional groups attached to an aromatic ring is 1. The van der Waals surface area contributed by atoms with E-state index < -0.39 is 37.8 Å². The molecule has 0 unspecified atom stereocenters. The lowest BCUT2D eigenvalue weighted by Gasteiger charge is -2.12. The predicted molar refractivity (Wildman–Crippen MR) is 116 cm³/mol. The van der Waals surface area contributed by atoms with Crippen LogP contribution in [0, 0.1) is 23.5 Å². The van der Waals surface area contributed by atoms with Crippen molar-refractivity contribution in [2.24, 2.45) is 0 Å². The zero-order valence-corrected chi connectivity index (χ0v) is 18.2. The van der Waals surface area contributed by atoms with Crippen molar-refractivity contribution in [3.63, 3.8) is 0 Å². The molecule has 13 heteroatoms. The maximum Gasteiger partial charge on any atom is 0.267 e. The van der Waals surface area contributed by atoms with Crippen molar-refractivity contribution in [3.05, 3.63) is 70.8 Å². The molecule has 3 heterocycles. The molecule has 0 spiro atoms. The molecule has 4 rings (SSSR count). The molecule has 0 amide bonds. The van der Waals surface area contributed by atoms with Gasteiger partial charge in [-0.05, 0) is 18.2 Å². The van der Waals surface area contributed by atoms with Crippen molar-refractivity contribution in [2.75, 3.05) is 17.6 Å². The Labute approximate surface area is 191 Å². The van der Waals surface area contributed by atoms with E-state index in [1.165, 1.54) is 30.1 Å². The number of anilines is 2. The first-order valence-corrected chi connectivity index (χ1v) is 10.9. The lowest BCUT2D eigenvalue weighted by Crippen LogP contribution is -2.16. The summed E-state index contributed by atoms with van der Waals surface area (Å²) in [5.41, 5.74) is 5.14. The fourth-order valence-corrected chi connectivity index (χ4v) is 4.28. The van der Waals surface area contributed by atoms with Gasteiger partial charge in [0.15, 0.2) is 16.4 Å². The monoisotopic (exact) mass is 490 g/mol. The third kappa shape index (κ3) is 4.23. The molecule has 0 aliphatic carbocycles. The SMILES string of the molecule is COc1ncc(Cl)cc1S(=O)(=O)Nc1ccc(F)c(C#Cc2cnc(N)n3ccnc23)c1F. The maximum absolute atomic E-state index is 15.1. The molecule has 168 valence electrons. The number of aromatic nitrogens is 4. The van der Waals surface area contributed by atoms with E-state index >= 15 is 4.39 Å². The summed E-state index contributed by atoms with van der Waals surface area (Å²) in [5, 5.41) is 0.0183. The molecule has 0 aliphatic heterocycles. The van der Waals surface area contributed by atoms with Crippen LogP contribution in [0.5, 0.6) is 5.88 Å². The van der Waals surface area contributed by atoms with Crippen molar-refractivity contribution < 1.29 is 21.9 Å². The highest BCUT2D eigenvalue weighted by atomic mass is 35.5. The maximum atomic E-state index is 15.1. The van der Waals surface area contributed by atoms with Gasteiger partial charge in [-0.3, -0.25) is 9.12 Å². The van der Waals surface area contributed by atoms with Crippen molar-refractivity contribution >= 4 is 38.9 Å². The second kappa shape index (κ2) is 8.53. The molecule has 0 radical (unpaired) electrons. The van der Waals surface area contributed by atoms with Gasteiger partial charge < -0.3 is 10.5 Å². The molecule has 0 aliphatic rings. The van der Waals surface area contributed by atoms with Gasteiger partial charge in [0.05, 0.1) is 35.1 Å². The largest absolute Gasteiger partial charge is 0.480 e. The number of ether oxygens (including phenoxy) is 1. The van der Waals surface area contributed by atoms with Crippen molar-refractivity contribution in [3.8, 4) is 17.7 Å². The molecule has 33 heavy (non-hydrogen) atoms. The van der Waals surface area contributed by atoms with Crippen LogP contribution in [0.25, 0.3) is 5.65 Å². The third-order valence-electron chi connectivity index (χ3n) is 4.38. The van der Waals surface area contributed by atoms with E-state index in [0.29, 0.717) is 5.65 Å². The zero-order valence-electron chi connectivity index (χ0n) is 16.7. The molecule has 4 aromatic rings. The van der Waals surface area contributed by atoms with Crippen molar-refractivity contribution in [1.82, 2.24) is 19.4 Å². The van der Waals surface area contributed by atoms with E-state index in [4.69, 9.17) is 22.1 Å². The number of rotatable bonds is 4. The quantitative estimate of drug-likeness (QED) is 0.421. The smallest absolute Gasteiger partial charge is 0.267 e. The fourth-order valence-electron chi connectivity index (χ4n) is 2.86. The van der Waals surface area contributed by atoms with Gasteiger partial charge in [0.25, 0.3) is 10.0 Å². The van der Waals surface area contributed by atoms with Crippen LogP contribution < -0.4 is 15.2 Å². The highest BCUT2D eigenvalue weighted by Crippen LogP contribution is 2.28. The van der Waals surface area contributed by atoms with Crippen LogP contribution in [-0.2, 0) is 10.0 Å². The second-order valence-corrected chi connectivity index (χ2v) is 8.54. The van der Waals surface area contributed by atoms with Gasteiger partial charge in [0.2, 0.25) is 11.8 Å². The molecule has 9 nitrogen and oxygen atoms in total. The lowest BCUT2D eigenvalue weighted by atomic mass is 10.1. The summed E-state index contributed by atoms with van der Waals surface area (Å²) in [6.45, 7) is 0. The van der Waals surface area contributed by atoms with Gasteiger partial charge >= 0.3 is 0 Å². The Bertz CT molecular complexity index is 1560. The molecular weight excluding hydrogens is 478 g/mol. The Hall–Kier alpha value is -3.95. The molecule has 0 atom stereocenters. The average Bonchev–Trinajstić information content (AvgIpc) is 3.28. The predicted octanol–water partition coefficient (Wildman–Crippen LogP) is 2.85. The van der Waals surface area contributed by atoms with E-state index in [1.807, 2.05) is 4.72 Å². The number of imidazole rings is 1. The number of nitrogens with one attached hydrogen (secondary N) is 1. The van der Waals surface area contributed by atoms with Crippen LogP contribution in [0.3, 0.4) is 0 Å². The van der Waals surface area contributed by atoms with Crippen LogP contribution in [0.4, 0.5) is 20.4 Å². The third-order valence-corrected chi connectivity index (χ3v) is 5.95. The fraction of sp³-hybridized carbons (Fsp3) is 0.0500. The van der Waals surface area contributed by atoms with E-state index in [-0.39, 0.29) is 22.4 Å². The molecule has 1 aromatic carbocycles. The zero-order chi connectivity index (χ0) is 23.8. The number of sulfonamides is 1. The summed E-state index contributed by atoms with van der Waals surface area (Å²) < 4.78 is 63.4. The molecule has 3 N–H and O–H groups in total. The number of methoxy groups -OCH3 is 1. The first kappa shape index (κ1) is 22.3. The van der Waals surface area contributed by atoms with Gasteiger partial charge in [0.1, 0.15) is 5.82 Å². The normalized spacial score (nSPS) is 11.2. The minimum atomic E-state index is -4.39. The number of pyridine rings is 1. The average molecular weight is 491 g/mol. The molecule has 0 saturated carbocycles. The van der Waals surface area contributed by atoms with Gasteiger partial charge in [-0.25, -0.2) is 32.2 Å². The van der Waals surface area contributed by atoms with Crippen molar-refractivity contribution in [2.45, 2.75) is 4.90 Å². The van der Waals surface area contributed by atoms with E-state index in [0.717, 1.165) is 18.2 Å². The minimum Gasteiger partial charge on any atom is -0.480 e. The van der Waals surface area contributed by atoms with Gasteiger partial charge in [-0.15, -0.1) is 0 Å². The minimum absolute atomic E-state index is 0.0183. The number of hydrogen-bond donors (Lipinski definition) is 2. The number of nitrogens with two attached hydrogens (primary N) is 1. The van der Waals surface area contributed by atoms with Crippen LogP contribution in [0.2, 0.25) is 5.02 Å². The topological polar surface area (TPSA) is 124 Å². The summed E-state index contributed by atoms with van der Waals surface area (Å²) in [6.07, 6.45) is 5.52. The molecule has 3 aromatic heterocycles. The summed E-state index contributed by atoms with van der Waals surface area (Å²) in [4.78, 5) is 11.4. The number of halogens is 3.